The first kappa shape index (κ1) is 8.58. The Morgan fingerprint density at radius 2 is 2.00 bits per heavy atom. The lowest BCUT2D eigenvalue weighted by atomic mass is 10.3. The first-order valence-corrected chi connectivity index (χ1v) is 4.21. The van der Waals surface area contributed by atoms with Gasteiger partial charge in [0, 0.05) is 0 Å². The summed E-state index contributed by atoms with van der Waals surface area (Å²) in [5.41, 5.74) is 5.19. The molecule has 2 heteroatoms. The van der Waals surface area contributed by atoms with E-state index in [2.05, 4.69) is 11.8 Å². The lowest BCUT2D eigenvalue weighted by molar-refractivity contribution is 0.0837. The fourth-order valence-electron chi connectivity index (χ4n) is 1.34. The van der Waals surface area contributed by atoms with Crippen LogP contribution in [0, 0.1) is 11.8 Å². The lowest BCUT2D eigenvalue weighted by Crippen LogP contribution is -2.07. The van der Waals surface area contributed by atoms with Crippen molar-refractivity contribution in [1.29, 1.82) is 0 Å². The summed E-state index contributed by atoms with van der Waals surface area (Å²) in [5, 5.41) is 0. The fraction of sp³-hybridized carbons (Fsp3) is 0.778. The van der Waals surface area contributed by atoms with Crippen LogP contribution in [-0.2, 0) is 4.74 Å². The van der Waals surface area contributed by atoms with Gasteiger partial charge in [-0.25, -0.2) is 0 Å². The van der Waals surface area contributed by atoms with Gasteiger partial charge < -0.3 is 10.5 Å². The standard InChI is InChI=1S/C9H15NO/c10-7-3-4-8-11-9-5-1-2-6-9/h9H,1-2,5-8,10H2. The summed E-state index contributed by atoms with van der Waals surface area (Å²) >= 11 is 0. The van der Waals surface area contributed by atoms with Crippen molar-refractivity contribution in [2.45, 2.75) is 31.8 Å². The maximum atomic E-state index is 5.48. The summed E-state index contributed by atoms with van der Waals surface area (Å²) in [6.45, 7) is 0.996. The molecule has 1 rings (SSSR count). The Morgan fingerprint density at radius 1 is 1.27 bits per heavy atom. The van der Waals surface area contributed by atoms with E-state index in [9.17, 15) is 0 Å². The quantitative estimate of drug-likeness (QED) is 0.598. The Balaban J connectivity index is 2.02. The maximum absolute atomic E-state index is 5.48. The SMILES string of the molecule is NCC#CCOC1CCCC1. The van der Waals surface area contributed by atoms with E-state index in [1.54, 1.807) is 0 Å². The van der Waals surface area contributed by atoms with Crippen molar-refractivity contribution >= 4 is 0 Å². The average Bonchev–Trinajstić information content (AvgIpc) is 2.50. The molecule has 0 amide bonds. The van der Waals surface area contributed by atoms with Gasteiger partial charge in [-0.2, -0.15) is 0 Å². The van der Waals surface area contributed by atoms with Gasteiger partial charge in [0.1, 0.15) is 6.61 Å². The van der Waals surface area contributed by atoms with Crippen LogP contribution < -0.4 is 5.73 Å². The zero-order valence-corrected chi connectivity index (χ0v) is 6.81. The van der Waals surface area contributed by atoms with Crippen LogP contribution in [0.3, 0.4) is 0 Å². The lowest BCUT2D eigenvalue weighted by Gasteiger charge is -2.06. The second-order valence-electron chi connectivity index (χ2n) is 2.78. The molecule has 11 heavy (non-hydrogen) atoms. The van der Waals surface area contributed by atoms with Crippen molar-refractivity contribution in [3.8, 4) is 11.8 Å². The van der Waals surface area contributed by atoms with E-state index in [0.717, 1.165) is 0 Å². The van der Waals surface area contributed by atoms with E-state index in [1.165, 1.54) is 25.7 Å². The maximum Gasteiger partial charge on any atom is 0.108 e. The van der Waals surface area contributed by atoms with E-state index in [-0.39, 0.29) is 0 Å². The van der Waals surface area contributed by atoms with Gasteiger partial charge in [-0.1, -0.05) is 24.7 Å². The molecule has 0 aromatic carbocycles. The predicted molar refractivity (Wildman–Crippen MR) is 45.0 cm³/mol. The molecule has 1 aliphatic rings. The van der Waals surface area contributed by atoms with Crippen LogP contribution >= 0.6 is 0 Å². The van der Waals surface area contributed by atoms with Crippen LogP contribution in [0.15, 0.2) is 0 Å². The molecular formula is C9H15NO. The van der Waals surface area contributed by atoms with Gasteiger partial charge in [0.05, 0.1) is 12.6 Å². The molecule has 0 radical (unpaired) electrons. The molecular weight excluding hydrogens is 138 g/mol. The Kier molecular flexibility index (Phi) is 4.03. The topological polar surface area (TPSA) is 35.2 Å². The highest BCUT2D eigenvalue weighted by Gasteiger charge is 2.13. The van der Waals surface area contributed by atoms with Gasteiger partial charge in [-0.05, 0) is 12.8 Å². The molecule has 1 aliphatic carbocycles. The predicted octanol–water partition coefficient (Wildman–Crippen LogP) is 0.908. The van der Waals surface area contributed by atoms with E-state index >= 15 is 0 Å². The van der Waals surface area contributed by atoms with Gasteiger partial charge in [0.15, 0.2) is 0 Å². The highest BCUT2D eigenvalue weighted by atomic mass is 16.5. The molecule has 0 aromatic rings. The average molecular weight is 153 g/mol. The second-order valence-corrected chi connectivity index (χ2v) is 2.78. The van der Waals surface area contributed by atoms with Gasteiger partial charge in [0.25, 0.3) is 0 Å². The third-order valence-corrected chi connectivity index (χ3v) is 1.92. The molecule has 2 nitrogen and oxygen atoms in total. The molecule has 0 atom stereocenters. The second kappa shape index (κ2) is 5.17. The number of nitrogens with two attached hydrogens (primary N) is 1. The van der Waals surface area contributed by atoms with E-state index in [1.807, 2.05) is 0 Å². The van der Waals surface area contributed by atoms with E-state index in [0.29, 0.717) is 19.3 Å². The van der Waals surface area contributed by atoms with Gasteiger partial charge in [-0.3, -0.25) is 0 Å². The molecule has 0 unspecified atom stereocenters. The van der Waals surface area contributed by atoms with E-state index < -0.39 is 0 Å². The molecule has 0 heterocycles. The number of hydrogen-bond donors (Lipinski definition) is 1. The summed E-state index contributed by atoms with van der Waals surface area (Å²) in [6.07, 6.45) is 5.53. The van der Waals surface area contributed by atoms with Gasteiger partial charge >= 0.3 is 0 Å². The van der Waals surface area contributed by atoms with Gasteiger partial charge in [-0.15, -0.1) is 0 Å². The third-order valence-electron chi connectivity index (χ3n) is 1.92. The molecule has 1 saturated carbocycles. The minimum absolute atomic E-state index is 0.439. The van der Waals surface area contributed by atoms with Crippen LogP contribution in [0.4, 0.5) is 0 Å². The zero-order chi connectivity index (χ0) is 7.94. The van der Waals surface area contributed by atoms with Crippen molar-refractivity contribution in [2.75, 3.05) is 13.2 Å². The molecule has 2 N–H and O–H groups in total. The smallest absolute Gasteiger partial charge is 0.108 e. The molecule has 0 bridgehead atoms. The molecule has 1 fully saturated rings. The van der Waals surface area contributed by atoms with Crippen LogP contribution in [0.25, 0.3) is 0 Å². The van der Waals surface area contributed by atoms with Gasteiger partial charge in [0.2, 0.25) is 0 Å². The van der Waals surface area contributed by atoms with Crippen molar-refractivity contribution in [1.82, 2.24) is 0 Å². The highest BCUT2D eigenvalue weighted by molar-refractivity contribution is 5.00. The number of hydrogen-bond acceptors (Lipinski definition) is 2. The van der Waals surface area contributed by atoms with Crippen LogP contribution in [0.2, 0.25) is 0 Å². The Hall–Kier alpha value is -0.520. The minimum Gasteiger partial charge on any atom is -0.366 e. The third kappa shape index (κ3) is 3.41. The van der Waals surface area contributed by atoms with Crippen LogP contribution in [0.5, 0.6) is 0 Å². The van der Waals surface area contributed by atoms with Crippen molar-refractivity contribution < 1.29 is 4.74 Å². The van der Waals surface area contributed by atoms with Crippen molar-refractivity contribution in [2.24, 2.45) is 5.73 Å². The Labute approximate surface area is 68.1 Å². The van der Waals surface area contributed by atoms with Crippen molar-refractivity contribution in [3.05, 3.63) is 0 Å². The highest BCUT2D eigenvalue weighted by Crippen LogP contribution is 2.20. The molecule has 0 saturated heterocycles. The Bertz CT molecular complexity index is 151. The largest absolute Gasteiger partial charge is 0.366 e. The monoisotopic (exact) mass is 153 g/mol. The Morgan fingerprint density at radius 3 is 2.64 bits per heavy atom. The first-order valence-electron chi connectivity index (χ1n) is 4.21. The normalized spacial score (nSPS) is 17.9. The number of rotatable bonds is 2. The molecule has 62 valence electrons. The van der Waals surface area contributed by atoms with Crippen molar-refractivity contribution in [3.63, 3.8) is 0 Å². The molecule has 0 aliphatic heterocycles. The summed E-state index contributed by atoms with van der Waals surface area (Å²) < 4.78 is 5.48. The number of ether oxygens (including phenoxy) is 1. The summed E-state index contributed by atoms with van der Waals surface area (Å²) in [4.78, 5) is 0. The fourth-order valence-corrected chi connectivity index (χ4v) is 1.34. The summed E-state index contributed by atoms with van der Waals surface area (Å²) in [5.74, 6) is 5.64. The van der Waals surface area contributed by atoms with E-state index in [4.69, 9.17) is 10.5 Å². The minimum atomic E-state index is 0.439. The first-order chi connectivity index (χ1) is 5.43. The summed E-state index contributed by atoms with van der Waals surface area (Å²) in [6, 6.07) is 0. The molecule has 0 aromatic heterocycles. The molecule has 0 spiro atoms. The van der Waals surface area contributed by atoms with Crippen LogP contribution in [-0.4, -0.2) is 19.3 Å². The summed E-state index contributed by atoms with van der Waals surface area (Å²) in [7, 11) is 0. The van der Waals surface area contributed by atoms with Crippen LogP contribution in [0.1, 0.15) is 25.7 Å². The zero-order valence-electron chi connectivity index (χ0n) is 6.81.